The molecule has 2 rings (SSSR count). The van der Waals surface area contributed by atoms with E-state index in [-0.39, 0.29) is 10.4 Å². The molecule has 1 amide bonds. The lowest BCUT2D eigenvalue weighted by molar-refractivity contribution is -0.138. The van der Waals surface area contributed by atoms with E-state index < -0.39 is 66.6 Å². The number of carbonyl (C=O) groups excluding carboxylic acids is 1. The molecule has 0 bridgehead atoms. The van der Waals surface area contributed by atoms with Crippen LogP contribution in [0.5, 0.6) is 0 Å². The molecule has 0 aliphatic heterocycles. The highest BCUT2D eigenvalue weighted by atomic mass is 19.4. The first-order valence-corrected chi connectivity index (χ1v) is 8.53. The molecule has 1 aromatic heterocycles. The molecule has 1 aromatic carbocycles. The number of benzene rings is 1. The van der Waals surface area contributed by atoms with Crippen LogP contribution in [0, 0.1) is 0 Å². The van der Waals surface area contributed by atoms with Crippen molar-refractivity contribution in [3.8, 4) is 0 Å². The monoisotopic (exact) mass is 478 g/mol. The van der Waals surface area contributed by atoms with Crippen LogP contribution >= 0.6 is 0 Å². The number of anilines is 2. The molecule has 1 heterocycles. The lowest BCUT2D eigenvalue weighted by atomic mass is 10.1. The number of hydrogen-bond donors (Lipinski definition) is 2. The first-order chi connectivity index (χ1) is 14.6. The van der Waals surface area contributed by atoms with Crippen LogP contribution in [0.4, 0.5) is 51.0 Å². The van der Waals surface area contributed by atoms with Crippen LogP contribution in [-0.4, -0.2) is 50.0 Å². The van der Waals surface area contributed by atoms with Gasteiger partial charge in [-0.2, -0.15) is 39.5 Å². The van der Waals surface area contributed by atoms with Gasteiger partial charge < -0.3 is 9.64 Å². The average Bonchev–Trinajstić information content (AvgIpc) is 2.62. The van der Waals surface area contributed by atoms with Crippen molar-refractivity contribution in [1.82, 2.24) is 10.4 Å². The van der Waals surface area contributed by atoms with Gasteiger partial charge in [-0.25, -0.2) is 4.98 Å². The van der Waals surface area contributed by atoms with Gasteiger partial charge in [0, 0.05) is 18.2 Å². The van der Waals surface area contributed by atoms with Gasteiger partial charge in [0.2, 0.25) is 0 Å². The number of aromatic nitrogens is 1. The third kappa shape index (κ3) is 7.32. The molecule has 178 valence electrons. The smallest absolute Gasteiger partial charge is 0.375 e. The maximum Gasteiger partial charge on any atom is 0.417 e. The third-order valence-electron chi connectivity index (χ3n) is 3.81. The minimum Gasteiger partial charge on any atom is -0.375 e. The van der Waals surface area contributed by atoms with Gasteiger partial charge in [-0.05, 0) is 24.3 Å². The third-order valence-corrected chi connectivity index (χ3v) is 3.81. The van der Waals surface area contributed by atoms with E-state index in [1.54, 1.807) is 0 Å². The number of nitrogens with one attached hydrogen (secondary N) is 2. The molecule has 15 heteroatoms. The number of halogens is 9. The Hall–Kier alpha value is -2.97. The molecule has 0 aliphatic rings. The van der Waals surface area contributed by atoms with E-state index in [2.05, 4.69) is 15.1 Å². The Kier molecular flexibility index (Phi) is 7.32. The number of pyridine rings is 1. The molecule has 0 atom stereocenters. The molecular formula is C17H15F9N4O2. The van der Waals surface area contributed by atoms with Gasteiger partial charge in [0.05, 0.1) is 11.1 Å². The topological polar surface area (TPSA) is 66.5 Å². The first kappa shape index (κ1) is 25.3. The molecule has 2 aromatic rings. The second-order valence-corrected chi connectivity index (χ2v) is 6.45. The fourth-order valence-electron chi connectivity index (χ4n) is 2.68. The number of methoxy groups -OCH3 is 1. The quantitative estimate of drug-likeness (QED) is 0.460. The van der Waals surface area contributed by atoms with Crippen molar-refractivity contribution in [1.29, 1.82) is 0 Å². The summed E-state index contributed by atoms with van der Waals surface area (Å²) < 4.78 is 122. The first-order valence-electron chi connectivity index (χ1n) is 8.53. The van der Waals surface area contributed by atoms with E-state index >= 15 is 0 Å². The molecule has 2 N–H and O–H groups in total. The predicted octanol–water partition coefficient (Wildman–Crippen LogP) is 4.27. The fraction of sp³-hybridized carbons (Fsp3) is 0.412. The molecule has 0 saturated heterocycles. The number of fused-ring (bicyclic) bond motifs is 1. The summed E-state index contributed by atoms with van der Waals surface area (Å²) in [6, 6.07) is 2.65. The van der Waals surface area contributed by atoms with E-state index in [9.17, 15) is 44.3 Å². The van der Waals surface area contributed by atoms with Crippen molar-refractivity contribution in [3.05, 3.63) is 29.8 Å². The van der Waals surface area contributed by atoms with Crippen LogP contribution in [0.3, 0.4) is 0 Å². The van der Waals surface area contributed by atoms with Crippen LogP contribution in [0.1, 0.15) is 5.56 Å². The highest BCUT2D eigenvalue weighted by Gasteiger charge is 2.38. The van der Waals surface area contributed by atoms with E-state index in [0.717, 1.165) is 12.1 Å². The molecule has 0 spiro atoms. The maximum atomic E-state index is 13.6. The lowest BCUT2D eigenvalue weighted by Crippen LogP contribution is -2.40. The molecule has 32 heavy (non-hydrogen) atoms. The summed E-state index contributed by atoms with van der Waals surface area (Å²) >= 11 is 0. The number of ether oxygens (including phenoxy) is 1. The number of rotatable bonds is 7. The molecular weight excluding hydrogens is 463 g/mol. The molecule has 0 radical (unpaired) electrons. The number of alkyl halides is 9. The Labute approximate surface area is 174 Å². The SMILES string of the molecule is COCC(=O)NNc1cc(C(F)(F)F)c2cc(N(CC(F)(F)F)CC(F)(F)F)ccc2n1. The number of nitrogens with zero attached hydrogens (tertiary/aromatic N) is 2. The van der Waals surface area contributed by atoms with Crippen LogP contribution in [0.15, 0.2) is 24.3 Å². The van der Waals surface area contributed by atoms with E-state index in [4.69, 9.17) is 0 Å². The number of amides is 1. The summed E-state index contributed by atoms with van der Waals surface area (Å²) in [5.74, 6) is -1.21. The summed E-state index contributed by atoms with van der Waals surface area (Å²) in [5.41, 5.74) is 1.66. The van der Waals surface area contributed by atoms with Gasteiger partial charge in [-0.1, -0.05) is 0 Å². The summed E-state index contributed by atoms with van der Waals surface area (Å²) in [7, 11) is 1.20. The number of carbonyl (C=O) groups is 1. The van der Waals surface area contributed by atoms with E-state index in [0.29, 0.717) is 12.1 Å². The lowest BCUT2D eigenvalue weighted by Gasteiger charge is -2.27. The normalized spacial score (nSPS) is 12.7. The summed E-state index contributed by atoms with van der Waals surface area (Å²) in [6.07, 6.45) is -15.1. The Morgan fingerprint density at radius 3 is 2.09 bits per heavy atom. The molecule has 0 unspecified atom stereocenters. The van der Waals surface area contributed by atoms with Gasteiger partial charge in [0.1, 0.15) is 25.5 Å². The highest BCUT2D eigenvalue weighted by Crippen LogP contribution is 2.38. The Bertz CT molecular complexity index is 942. The molecule has 0 saturated carbocycles. The van der Waals surface area contributed by atoms with E-state index in [1.807, 2.05) is 5.43 Å². The maximum absolute atomic E-state index is 13.6. The van der Waals surface area contributed by atoms with Crippen molar-refractivity contribution in [2.75, 3.05) is 37.1 Å². The predicted molar refractivity (Wildman–Crippen MR) is 94.7 cm³/mol. The molecule has 0 aliphatic carbocycles. The van der Waals surface area contributed by atoms with E-state index in [1.165, 1.54) is 7.11 Å². The highest BCUT2D eigenvalue weighted by molar-refractivity contribution is 5.88. The fourth-order valence-corrected chi connectivity index (χ4v) is 2.68. The van der Waals surface area contributed by atoms with Crippen LogP contribution < -0.4 is 15.8 Å². The summed E-state index contributed by atoms with van der Waals surface area (Å²) in [4.78, 5) is 15.0. The minimum atomic E-state index is -5.04. The second-order valence-electron chi connectivity index (χ2n) is 6.45. The van der Waals surface area contributed by atoms with Crippen molar-refractivity contribution in [2.45, 2.75) is 18.5 Å². The number of hydrogen-bond acceptors (Lipinski definition) is 5. The number of hydrazine groups is 1. The van der Waals surface area contributed by atoms with Gasteiger partial charge in [0.15, 0.2) is 0 Å². The van der Waals surface area contributed by atoms with Gasteiger partial charge in [-0.15, -0.1) is 0 Å². The Morgan fingerprint density at radius 1 is 1.00 bits per heavy atom. The largest absolute Gasteiger partial charge is 0.417 e. The summed E-state index contributed by atoms with van der Waals surface area (Å²) in [5, 5.41) is -0.724. The second kappa shape index (κ2) is 9.26. The molecule has 0 fully saturated rings. The Morgan fingerprint density at radius 2 is 1.59 bits per heavy atom. The zero-order valence-corrected chi connectivity index (χ0v) is 16.0. The molecule has 6 nitrogen and oxygen atoms in total. The van der Waals surface area contributed by atoms with Gasteiger partial charge >= 0.3 is 18.5 Å². The zero-order chi connectivity index (χ0) is 24.3. The van der Waals surface area contributed by atoms with Gasteiger partial charge in [-0.3, -0.25) is 15.6 Å². The van der Waals surface area contributed by atoms with Crippen molar-refractivity contribution in [3.63, 3.8) is 0 Å². The Balaban J connectivity index is 2.53. The van der Waals surface area contributed by atoms with Crippen molar-refractivity contribution >= 4 is 28.3 Å². The van der Waals surface area contributed by atoms with Crippen LogP contribution in [0.2, 0.25) is 0 Å². The standard InChI is InChI=1S/C17H15F9N4O2/c1-32-6-14(31)29-28-13-5-11(17(24,25)26)10-4-9(2-3-12(10)27-13)30(7-15(18,19)20)8-16(21,22)23/h2-5H,6-8H2,1H3,(H,27,28)(H,29,31). The summed E-state index contributed by atoms with van der Waals surface area (Å²) in [6.45, 7) is -4.47. The van der Waals surface area contributed by atoms with Crippen LogP contribution in [0.25, 0.3) is 10.9 Å². The zero-order valence-electron chi connectivity index (χ0n) is 16.0. The van der Waals surface area contributed by atoms with Crippen molar-refractivity contribution < 1.29 is 49.0 Å². The van der Waals surface area contributed by atoms with Crippen molar-refractivity contribution in [2.24, 2.45) is 0 Å². The van der Waals surface area contributed by atoms with Crippen LogP contribution in [-0.2, 0) is 15.7 Å². The average molecular weight is 478 g/mol. The minimum absolute atomic E-state index is 0.128. The van der Waals surface area contributed by atoms with Gasteiger partial charge in [0.25, 0.3) is 5.91 Å².